The Labute approximate surface area is 131 Å². The summed E-state index contributed by atoms with van der Waals surface area (Å²) in [5, 5.41) is 9.45. The molecule has 1 atom stereocenters. The fourth-order valence-corrected chi connectivity index (χ4v) is 4.60. The first-order valence-electron chi connectivity index (χ1n) is 5.84. The lowest BCUT2D eigenvalue weighted by Crippen LogP contribution is -2.49. The van der Waals surface area contributed by atoms with E-state index in [0.717, 1.165) is 11.3 Å². The van der Waals surface area contributed by atoms with Crippen LogP contribution in [0.5, 0.6) is 0 Å². The van der Waals surface area contributed by atoms with Crippen molar-refractivity contribution in [3.8, 4) is 0 Å². The molecule has 21 heavy (non-hydrogen) atoms. The van der Waals surface area contributed by atoms with Crippen LogP contribution in [-0.4, -0.2) is 19.5 Å². The lowest BCUT2D eigenvalue weighted by atomic mass is 9.94. The number of carbonyl (C=O) groups is 1. The first-order chi connectivity index (χ1) is 9.75. The van der Waals surface area contributed by atoms with Crippen LogP contribution in [0.4, 0.5) is 0 Å². The van der Waals surface area contributed by atoms with E-state index in [1.807, 2.05) is 0 Å². The molecule has 2 N–H and O–H groups in total. The van der Waals surface area contributed by atoms with Crippen LogP contribution in [0, 0.1) is 0 Å². The Balaban J connectivity index is 2.44. The Kier molecular flexibility index (Phi) is 4.38. The Bertz CT molecular complexity index is 757. The topological polar surface area (TPSA) is 83.5 Å². The summed E-state index contributed by atoms with van der Waals surface area (Å²) in [6, 6.07) is 10.9. The van der Waals surface area contributed by atoms with Gasteiger partial charge in [-0.15, -0.1) is 11.3 Å². The molecule has 5 nitrogen and oxygen atoms in total. The minimum absolute atomic E-state index is 0.0316. The second kappa shape index (κ2) is 5.76. The number of carboxylic acids is 1. The first-order valence-corrected chi connectivity index (χ1v) is 8.52. The quantitative estimate of drug-likeness (QED) is 0.872. The number of hydrogen-bond donors (Lipinski definition) is 2. The molecule has 1 aromatic heterocycles. The van der Waals surface area contributed by atoms with Crippen molar-refractivity contribution in [3.63, 3.8) is 0 Å². The Morgan fingerprint density at radius 2 is 1.86 bits per heavy atom. The van der Waals surface area contributed by atoms with Crippen molar-refractivity contribution in [2.45, 2.75) is 16.7 Å². The van der Waals surface area contributed by atoms with Gasteiger partial charge < -0.3 is 5.11 Å². The van der Waals surface area contributed by atoms with Gasteiger partial charge in [-0.05, 0) is 24.6 Å². The maximum atomic E-state index is 12.3. The summed E-state index contributed by atoms with van der Waals surface area (Å²) in [7, 11) is -3.99. The van der Waals surface area contributed by atoms with Gasteiger partial charge in [-0.25, -0.2) is 13.2 Å². The molecule has 1 unspecified atom stereocenters. The molecule has 0 spiro atoms. The maximum absolute atomic E-state index is 12.3. The van der Waals surface area contributed by atoms with E-state index < -0.39 is 21.5 Å². The van der Waals surface area contributed by atoms with Crippen LogP contribution in [0.25, 0.3) is 0 Å². The Morgan fingerprint density at radius 1 is 1.24 bits per heavy atom. The Hall–Kier alpha value is -1.41. The zero-order chi connectivity index (χ0) is 15.7. The summed E-state index contributed by atoms with van der Waals surface area (Å²) in [6.07, 6.45) is 0. The summed E-state index contributed by atoms with van der Waals surface area (Å²) >= 11 is 6.59. The molecular formula is C13H12ClNO4S2. The highest BCUT2D eigenvalue weighted by molar-refractivity contribution is 7.91. The predicted molar refractivity (Wildman–Crippen MR) is 81.1 cm³/mol. The second-order valence-corrected chi connectivity index (χ2v) is 8.08. The number of nitrogens with one attached hydrogen (secondary N) is 1. The zero-order valence-corrected chi connectivity index (χ0v) is 13.3. The summed E-state index contributed by atoms with van der Waals surface area (Å²) in [6.45, 7) is 1.30. The molecule has 1 aromatic carbocycles. The van der Waals surface area contributed by atoms with Gasteiger partial charge in [-0.1, -0.05) is 41.9 Å². The lowest BCUT2D eigenvalue weighted by molar-refractivity contribution is -0.143. The molecule has 2 aromatic rings. The number of carboxylic acid groups (broad SMARTS) is 1. The van der Waals surface area contributed by atoms with E-state index in [1.165, 1.54) is 19.1 Å². The number of halogens is 1. The molecule has 0 saturated heterocycles. The van der Waals surface area contributed by atoms with Crippen molar-refractivity contribution in [2.24, 2.45) is 0 Å². The molecule has 2 rings (SSSR count). The molecule has 0 amide bonds. The smallest absolute Gasteiger partial charge is 0.329 e. The van der Waals surface area contributed by atoms with Gasteiger partial charge in [-0.3, -0.25) is 0 Å². The van der Waals surface area contributed by atoms with Gasteiger partial charge in [0.1, 0.15) is 4.21 Å². The van der Waals surface area contributed by atoms with Crippen molar-refractivity contribution >= 4 is 38.9 Å². The third kappa shape index (κ3) is 3.26. The molecular weight excluding hydrogens is 334 g/mol. The standard InChI is InChI=1S/C13H12ClNO4S2/c1-13(12(16)17,9-5-3-2-4-6-9)15-21(18,19)11-8-7-10(14)20-11/h2-8,15H,1H3,(H,16,17). The summed E-state index contributed by atoms with van der Waals surface area (Å²) in [5.74, 6) is -1.29. The van der Waals surface area contributed by atoms with Crippen LogP contribution in [0.1, 0.15) is 12.5 Å². The van der Waals surface area contributed by atoms with E-state index in [9.17, 15) is 18.3 Å². The fraction of sp³-hybridized carbons (Fsp3) is 0.154. The van der Waals surface area contributed by atoms with Crippen molar-refractivity contribution in [1.29, 1.82) is 0 Å². The van der Waals surface area contributed by atoms with Gasteiger partial charge in [0.05, 0.1) is 4.34 Å². The van der Waals surface area contributed by atoms with Gasteiger partial charge in [0, 0.05) is 0 Å². The third-order valence-electron chi connectivity index (χ3n) is 2.93. The van der Waals surface area contributed by atoms with Gasteiger partial charge in [0.25, 0.3) is 10.0 Å². The molecule has 112 valence electrons. The molecule has 8 heteroatoms. The molecule has 1 heterocycles. The van der Waals surface area contributed by atoms with E-state index in [0.29, 0.717) is 9.90 Å². The van der Waals surface area contributed by atoms with E-state index in [-0.39, 0.29) is 4.21 Å². The molecule has 0 aliphatic rings. The van der Waals surface area contributed by atoms with Crippen LogP contribution in [0.3, 0.4) is 0 Å². The number of sulfonamides is 1. The zero-order valence-electron chi connectivity index (χ0n) is 10.9. The van der Waals surface area contributed by atoms with E-state index in [4.69, 9.17) is 11.6 Å². The molecule has 0 bridgehead atoms. The van der Waals surface area contributed by atoms with Gasteiger partial charge in [0.15, 0.2) is 5.54 Å². The second-order valence-electron chi connectivity index (χ2n) is 4.46. The minimum Gasteiger partial charge on any atom is -0.480 e. The molecule has 0 aliphatic carbocycles. The third-order valence-corrected chi connectivity index (χ3v) is 6.21. The highest BCUT2D eigenvalue weighted by Gasteiger charge is 2.40. The van der Waals surface area contributed by atoms with Crippen molar-refractivity contribution in [3.05, 3.63) is 52.4 Å². The lowest BCUT2D eigenvalue weighted by Gasteiger charge is -2.26. The van der Waals surface area contributed by atoms with E-state index in [1.54, 1.807) is 30.3 Å². The van der Waals surface area contributed by atoms with Gasteiger partial charge in [0.2, 0.25) is 0 Å². The van der Waals surface area contributed by atoms with Crippen LogP contribution < -0.4 is 4.72 Å². The first kappa shape index (κ1) is 16.0. The number of hydrogen-bond acceptors (Lipinski definition) is 4. The Morgan fingerprint density at radius 3 is 2.33 bits per heavy atom. The van der Waals surface area contributed by atoms with Gasteiger partial charge >= 0.3 is 5.97 Å². The summed E-state index contributed by atoms with van der Waals surface area (Å²) in [5.41, 5.74) is -1.43. The average Bonchev–Trinajstić information content (AvgIpc) is 2.86. The molecule has 0 radical (unpaired) electrons. The van der Waals surface area contributed by atoms with Crippen LogP contribution in [-0.2, 0) is 20.4 Å². The van der Waals surface area contributed by atoms with Gasteiger partial charge in [-0.2, -0.15) is 4.72 Å². The number of benzene rings is 1. The normalized spacial score (nSPS) is 14.6. The number of aliphatic carboxylic acids is 1. The minimum atomic E-state index is -3.99. The van der Waals surface area contributed by atoms with Crippen LogP contribution in [0.15, 0.2) is 46.7 Å². The molecule has 0 saturated carbocycles. The predicted octanol–water partition coefficient (Wildman–Crippen LogP) is 2.68. The number of thiophene rings is 1. The summed E-state index contributed by atoms with van der Waals surface area (Å²) < 4.78 is 27.2. The SMILES string of the molecule is CC(NS(=O)(=O)c1ccc(Cl)s1)(C(=O)O)c1ccccc1. The van der Waals surface area contributed by atoms with Crippen molar-refractivity contribution in [1.82, 2.24) is 4.72 Å². The molecule has 0 fully saturated rings. The van der Waals surface area contributed by atoms with Crippen molar-refractivity contribution < 1.29 is 18.3 Å². The summed E-state index contributed by atoms with van der Waals surface area (Å²) in [4.78, 5) is 11.6. The average molecular weight is 346 g/mol. The maximum Gasteiger partial charge on any atom is 0.329 e. The molecule has 0 aliphatic heterocycles. The highest BCUT2D eigenvalue weighted by Crippen LogP contribution is 2.29. The number of rotatable bonds is 5. The van der Waals surface area contributed by atoms with Crippen molar-refractivity contribution in [2.75, 3.05) is 0 Å². The monoisotopic (exact) mass is 345 g/mol. The highest BCUT2D eigenvalue weighted by atomic mass is 35.5. The largest absolute Gasteiger partial charge is 0.480 e. The van der Waals surface area contributed by atoms with E-state index in [2.05, 4.69) is 4.72 Å². The van der Waals surface area contributed by atoms with Crippen LogP contribution in [0.2, 0.25) is 4.34 Å². The fourth-order valence-electron chi connectivity index (χ4n) is 1.76. The van der Waals surface area contributed by atoms with Crippen LogP contribution >= 0.6 is 22.9 Å². The van der Waals surface area contributed by atoms with E-state index >= 15 is 0 Å².